The van der Waals surface area contributed by atoms with Gasteiger partial charge in [0, 0.05) is 10.1 Å². The monoisotopic (exact) mass is 355 g/mol. The Kier molecular flexibility index (Phi) is 4.55. The number of para-hydroxylation sites is 1. The highest BCUT2D eigenvalue weighted by Gasteiger charge is 2.43. The molecular weight excluding hydrogens is 346 g/mol. The van der Waals surface area contributed by atoms with E-state index < -0.39 is 12.1 Å². The third-order valence-electron chi connectivity index (χ3n) is 1.94. The molecule has 0 atom stereocenters. The number of amides is 1. The number of anilines is 1. The Morgan fingerprint density at radius 2 is 2.00 bits per heavy atom. The van der Waals surface area contributed by atoms with Gasteiger partial charge in [-0.25, -0.2) is 0 Å². The molecular formula is C11H9F3INO. The average molecular weight is 355 g/mol. The summed E-state index contributed by atoms with van der Waals surface area (Å²) >= 11 is 1.88. The molecule has 0 aliphatic rings. The van der Waals surface area contributed by atoms with E-state index in [1.54, 1.807) is 18.2 Å². The molecule has 0 unspecified atom stereocenters. The summed E-state index contributed by atoms with van der Waals surface area (Å²) in [5.41, 5.74) is 0.232. The lowest BCUT2D eigenvalue weighted by molar-refractivity contribution is -0.170. The number of carbonyl (C=O) groups excluding carboxylic acids is 1. The third-order valence-corrected chi connectivity index (χ3v) is 2.85. The Balaban J connectivity index is 3.14. The summed E-state index contributed by atoms with van der Waals surface area (Å²) in [5.74, 6) is -1.89. The summed E-state index contributed by atoms with van der Waals surface area (Å²) in [5, 5.41) is 0. The topological polar surface area (TPSA) is 20.3 Å². The second kappa shape index (κ2) is 5.52. The molecule has 0 heterocycles. The average Bonchev–Trinajstić information content (AvgIpc) is 2.25. The minimum absolute atomic E-state index is 0.182. The van der Waals surface area contributed by atoms with Crippen molar-refractivity contribution >= 4 is 34.2 Å². The molecule has 1 aromatic carbocycles. The highest BCUT2D eigenvalue weighted by Crippen LogP contribution is 2.27. The Morgan fingerprint density at radius 3 is 2.47 bits per heavy atom. The molecule has 1 rings (SSSR count). The van der Waals surface area contributed by atoms with Crippen LogP contribution in [0.2, 0.25) is 0 Å². The zero-order valence-electron chi connectivity index (χ0n) is 8.67. The summed E-state index contributed by atoms with van der Waals surface area (Å²) in [7, 11) is 0. The molecule has 0 radical (unpaired) electrons. The number of hydrogen-bond donors (Lipinski definition) is 0. The van der Waals surface area contributed by atoms with Gasteiger partial charge in [-0.2, -0.15) is 13.2 Å². The molecule has 0 fully saturated rings. The maximum Gasteiger partial charge on any atom is 0.471 e. The van der Waals surface area contributed by atoms with E-state index in [1.165, 1.54) is 12.1 Å². The fraction of sp³-hybridized carbons (Fsp3) is 0.182. The van der Waals surface area contributed by atoms with Crippen LogP contribution in [-0.4, -0.2) is 18.6 Å². The van der Waals surface area contributed by atoms with Gasteiger partial charge in [-0.1, -0.05) is 18.2 Å². The van der Waals surface area contributed by atoms with Crippen molar-refractivity contribution in [1.29, 1.82) is 0 Å². The molecule has 6 heteroatoms. The van der Waals surface area contributed by atoms with Gasteiger partial charge in [0.15, 0.2) is 0 Å². The molecule has 0 aliphatic heterocycles. The van der Waals surface area contributed by atoms with Crippen LogP contribution in [0.1, 0.15) is 0 Å². The number of rotatable bonds is 3. The first-order chi connectivity index (χ1) is 7.88. The van der Waals surface area contributed by atoms with Crippen molar-refractivity contribution in [2.24, 2.45) is 0 Å². The number of halogens is 4. The van der Waals surface area contributed by atoms with Crippen molar-refractivity contribution in [3.8, 4) is 0 Å². The minimum Gasteiger partial charge on any atom is -0.300 e. The first-order valence-electron chi connectivity index (χ1n) is 4.62. The highest BCUT2D eigenvalue weighted by molar-refractivity contribution is 14.1. The summed E-state index contributed by atoms with van der Waals surface area (Å²) in [6.07, 6.45) is -3.63. The highest BCUT2D eigenvalue weighted by atomic mass is 127. The normalized spacial score (nSPS) is 11.1. The number of alkyl halides is 3. The van der Waals surface area contributed by atoms with Gasteiger partial charge in [-0.15, -0.1) is 6.58 Å². The third kappa shape index (κ3) is 3.45. The zero-order valence-corrected chi connectivity index (χ0v) is 10.8. The molecule has 1 amide bonds. The molecule has 1 aromatic rings. The Bertz CT molecular complexity index is 431. The summed E-state index contributed by atoms with van der Waals surface area (Å²) in [6.45, 7) is 3.17. The van der Waals surface area contributed by atoms with Crippen LogP contribution in [0.4, 0.5) is 18.9 Å². The lowest BCUT2D eigenvalue weighted by Gasteiger charge is -2.23. The van der Waals surface area contributed by atoms with Gasteiger partial charge in [0.25, 0.3) is 0 Å². The minimum atomic E-state index is -4.89. The van der Waals surface area contributed by atoms with Crippen LogP contribution < -0.4 is 4.90 Å². The maximum atomic E-state index is 12.4. The van der Waals surface area contributed by atoms with Gasteiger partial charge in [0.05, 0.1) is 5.69 Å². The molecule has 0 aromatic heterocycles. The molecule has 92 valence electrons. The first-order valence-corrected chi connectivity index (χ1v) is 5.70. The largest absolute Gasteiger partial charge is 0.471 e. The van der Waals surface area contributed by atoms with Crippen LogP contribution in [0.5, 0.6) is 0 Å². The molecule has 0 aliphatic carbocycles. The van der Waals surface area contributed by atoms with Gasteiger partial charge in [0.2, 0.25) is 0 Å². The van der Waals surface area contributed by atoms with E-state index in [2.05, 4.69) is 6.58 Å². The van der Waals surface area contributed by atoms with Crippen molar-refractivity contribution in [3.05, 3.63) is 40.5 Å². The van der Waals surface area contributed by atoms with E-state index in [1.807, 2.05) is 22.6 Å². The van der Waals surface area contributed by atoms with Crippen LogP contribution in [0.3, 0.4) is 0 Å². The van der Waals surface area contributed by atoms with Crippen LogP contribution in [0.15, 0.2) is 36.9 Å². The number of nitrogens with zero attached hydrogens (tertiary/aromatic N) is 1. The summed E-state index contributed by atoms with van der Waals surface area (Å²) < 4.78 is 37.8. The van der Waals surface area contributed by atoms with E-state index in [-0.39, 0.29) is 12.2 Å². The van der Waals surface area contributed by atoms with E-state index in [0.717, 1.165) is 0 Å². The predicted molar refractivity (Wildman–Crippen MR) is 67.8 cm³/mol. The fourth-order valence-electron chi connectivity index (χ4n) is 1.24. The first kappa shape index (κ1) is 14.0. The molecule has 2 nitrogen and oxygen atoms in total. The van der Waals surface area contributed by atoms with E-state index >= 15 is 0 Å². The number of carbonyl (C=O) groups is 1. The molecule has 17 heavy (non-hydrogen) atoms. The number of hydrogen-bond acceptors (Lipinski definition) is 1. The van der Waals surface area contributed by atoms with E-state index in [0.29, 0.717) is 8.47 Å². The Labute approximate surface area is 110 Å². The van der Waals surface area contributed by atoms with Crippen molar-refractivity contribution in [2.45, 2.75) is 6.18 Å². The zero-order chi connectivity index (χ0) is 13.1. The molecule has 0 saturated carbocycles. The van der Waals surface area contributed by atoms with Crippen LogP contribution >= 0.6 is 22.6 Å². The molecule has 0 saturated heterocycles. The van der Waals surface area contributed by atoms with Crippen molar-refractivity contribution in [1.82, 2.24) is 0 Å². The van der Waals surface area contributed by atoms with Crippen molar-refractivity contribution in [3.63, 3.8) is 0 Å². The molecule has 0 N–H and O–H groups in total. The second-order valence-corrected chi connectivity index (χ2v) is 4.32. The molecule has 0 bridgehead atoms. The van der Waals surface area contributed by atoms with Gasteiger partial charge in [-0.3, -0.25) is 9.69 Å². The number of benzene rings is 1. The van der Waals surface area contributed by atoms with Crippen LogP contribution in [0.25, 0.3) is 0 Å². The van der Waals surface area contributed by atoms with E-state index in [9.17, 15) is 18.0 Å². The van der Waals surface area contributed by atoms with Crippen molar-refractivity contribution in [2.75, 3.05) is 11.4 Å². The van der Waals surface area contributed by atoms with Gasteiger partial charge < -0.3 is 0 Å². The van der Waals surface area contributed by atoms with Crippen molar-refractivity contribution < 1.29 is 18.0 Å². The lowest BCUT2D eigenvalue weighted by atomic mass is 10.2. The smallest absolute Gasteiger partial charge is 0.300 e. The standard InChI is InChI=1S/C11H9F3INO/c1-2-7-16(10(17)11(12,13)14)9-6-4-3-5-8(9)15/h2-6H,1,7H2. The quantitative estimate of drug-likeness (QED) is 0.602. The van der Waals surface area contributed by atoms with Gasteiger partial charge in [-0.05, 0) is 34.7 Å². The van der Waals surface area contributed by atoms with E-state index in [4.69, 9.17) is 0 Å². The second-order valence-electron chi connectivity index (χ2n) is 3.15. The van der Waals surface area contributed by atoms with Gasteiger partial charge in [0.1, 0.15) is 0 Å². The van der Waals surface area contributed by atoms with Gasteiger partial charge >= 0.3 is 12.1 Å². The Morgan fingerprint density at radius 1 is 1.41 bits per heavy atom. The van der Waals surface area contributed by atoms with Crippen LogP contribution in [-0.2, 0) is 4.79 Å². The maximum absolute atomic E-state index is 12.4. The Hall–Kier alpha value is -1.05. The predicted octanol–water partition coefficient (Wildman–Crippen LogP) is 3.37. The fourth-order valence-corrected chi connectivity index (χ4v) is 1.92. The summed E-state index contributed by atoms with van der Waals surface area (Å²) in [6, 6.07) is 6.37. The SMILES string of the molecule is C=CCN(C(=O)C(F)(F)F)c1ccccc1I. The summed E-state index contributed by atoms with van der Waals surface area (Å²) in [4.78, 5) is 11.9. The van der Waals surface area contributed by atoms with Crippen LogP contribution in [0, 0.1) is 3.57 Å². The lowest BCUT2D eigenvalue weighted by Crippen LogP contribution is -2.41. The molecule has 0 spiro atoms.